The summed E-state index contributed by atoms with van der Waals surface area (Å²) < 4.78 is 11.1. The maximum absolute atomic E-state index is 11.1. The summed E-state index contributed by atoms with van der Waals surface area (Å²) in [6, 6.07) is 7.11. The summed E-state index contributed by atoms with van der Waals surface area (Å²) in [5.41, 5.74) is 5.48. The lowest BCUT2D eigenvalue weighted by atomic mass is 10.2. The highest BCUT2D eigenvalue weighted by Gasteiger charge is 1.98. The molecule has 0 aliphatic heterocycles. The Morgan fingerprint density at radius 1 is 1.40 bits per heavy atom. The molecule has 0 heterocycles. The van der Waals surface area contributed by atoms with Gasteiger partial charge in [-0.25, -0.2) is 10.2 Å². The zero-order valence-electron chi connectivity index (χ0n) is 8.19. The highest BCUT2D eigenvalue weighted by atomic mass is 32.2. The van der Waals surface area contributed by atoms with Crippen LogP contribution in [0.4, 0.5) is 4.79 Å². The quantitative estimate of drug-likeness (QED) is 0.663. The second-order valence-electron chi connectivity index (χ2n) is 2.88. The van der Waals surface area contributed by atoms with Crippen molar-refractivity contribution in [1.29, 1.82) is 0 Å². The fourth-order valence-electron chi connectivity index (χ4n) is 1.02. The van der Waals surface area contributed by atoms with Crippen molar-refractivity contribution in [3.8, 4) is 0 Å². The maximum atomic E-state index is 11.1. The first kappa shape index (κ1) is 11.7. The standard InChI is InChI=1S/C9H12N2O3S/c1-15(14)8-4-2-7(3-5-8)6-10-11-9(12)13/h2-5,10-11H,6H2,1H3,(H,12,13). The van der Waals surface area contributed by atoms with Gasteiger partial charge in [0, 0.05) is 28.5 Å². The van der Waals surface area contributed by atoms with E-state index in [4.69, 9.17) is 5.11 Å². The number of rotatable bonds is 4. The molecule has 15 heavy (non-hydrogen) atoms. The van der Waals surface area contributed by atoms with Crippen molar-refractivity contribution < 1.29 is 14.1 Å². The second kappa shape index (κ2) is 5.47. The Morgan fingerprint density at radius 2 is 2.00 bits per heavy atom. The molecule has 0 saturated carbocycles. The van der Waals surface area contributed by atoms with E-state index in [0.29, 0.717) is 6.54 Å². The minimum atomic E-state index is -1.12. The van der Waals surface area contributed by atoms with Crippen molar-refractivity contribution >= 4 is 16.9 Å². The Morgan fingerprint density at radius 3 is 2.47 bits per heavy atom. The van der Waals surface area contributed by atoms with Crippen LogP contribution in [0.15, 0.2) is 29.2 Å². The molecule has 0 bridgehead atoms. The average molecular weight is 228 g/mol. The number of nitrogens with one attached hydrogen (secondary N) is 2. The van der Waals surface area contributed by atoms with Gasteiger partial charge in [0.15, 0.2) is 0 Å². The number of hydrazine groups is 1. The minimum absolute atomic E-state index is 0.392. The third kappa shape index (κ3) is 4.09. The predicted molar refractivity (Wildman–Crippen MR) is 56.8 cm³/mol. The largest absolute Gasteiger partial charge is 0.464 e. The number of carboxylic acid groups (broad SMARTS) is 1. The fourth-order valence-corrected chi connectivity index (χ4v) is 1.54. The van der Waals surface area contributed by atoms with E-state index in [-0.39, 0.29) is 0 Å². The predicted octanol–water partition coefficient (Wildman–Crippen LogP) is 0.696. The molecule has 1 aromatic carbocycles. The molecule has 3 N–H and O–H groups in total. The summed E-state index contributed by atoms with van der Waals surface area (Å²) in [6.45, 7) is 0.392. The minimum Gasteiger partial charge on any atom is -0.464 e. The van der Waals surface area contributed by atoms with Gasteiger partial charge < -0.3 is 5.11 Å². The third-order valence-corrected chi connectivity index (χ3v) is 2.68. The Kier molecular flexibility index (Phi) is 4.26. The molecule has 82 valence electrons. The molecule has 1 amide bonds. The van der Waals surface area contributed by atoms with Gasteiger partial charge in [-0.1, -0.05) is 12.1 Å². The van der Waals surface area contributed by atoms with Crippen LogP contribution in [0, 0.1) is 0 Å². The Labute approximate surface area is 89.9 Å². The van der Waals surface area contributed by atoms with Gasteiger partial charge in [-0.15, -0.1) is 0 Å². The van der Waals surface area contributed by atoms with Crippen LogP contribution in [-0.4, -0.2) is 21.7 Å². The lowest BCUT2D eigenvalue weighted by molar-refractivity contribution is 0.189. The summed E-state index contributed by atoms with van der Waals surface area (Å²) in [5.74, 6) is 0. The van der Waals surface area contributed by atoms with Gasteiger partial charge in [-0.05, 0) is 17.7 Å². The van der Waals surface area contributed by atoms with Crippen molar-refractivity contribution in [1.82, 2.24) is 10.9 Å². The van der Waals surface area contributed by atoms with Gasteiger partial charge >= 0.3 is 6.09 Å². The topological polar surface area (TPSA) is 78.4 Å². The van der Waals surface area contributed by atoms with E-state index in [0.717, 1.165) is 10.5 Å². The number of hydrogen-bond donors (Lipinski definition) is 3. The first-order chi connectivity index (χ1) is 7.09. The fraction of sp³-hybridized carbons (Fsp3) is 0.222. The third-order valence-electron chi connectivity index (χ3n) is 1.74. The second-order valence-corrected chi connectivity index (χ2v) is 4.26. The van der Waals surface area contributed by atoms with E-state index >= 15 is 0 Å². The van der Waals surface area contributed by atoms with Gasteiger partial charge in [0.25, 0.3) is 0 Å². The van der Waals surface area contributed by atoms with Gasteiger partial charge in [-0.2, -0.15) is 0 Å². The Balaban J connectivity index is 2.50. The van der Waals surface area contributed by atoms with Crippen molar-refractivity contribution in [3.63, 3.8) is 0 Å². The van der Waals surface area contributed by atoms with Crippen molar-refractivity contribution in [3.05, 3.63) is 29.8 Å². The normalized spacial score (nSPS) is 12.1. The molecule has 0 aromatic heterocycles. The molecule has 0 aliphatic carbocycles. The highest BCUT2D eigenvalue weighted by molar-refractivity contribution is 7.84. The van der Waals surface area contributed by atoms with E-state index in [1.54, 1.807) is 30.5 Å². The first-order valence-corrected chi connectivity index (χ1v) is 5.79. The van der Waals surface area contributed by atoms with E-state index in [1.165, 1.54) is 0 Å². The molecule has 5 nitrogen and oxygen atoms in total. The van der Waals surface area contributed by atoms with Gasteiger partial charge in [0.05, 0.1) is 0 Å². The lowest BCUT2D eigenvalue weighted by Gasteiger charge is -2.04. The van der Waals surface area contributed by atoms with E-state index in [1.807, 2.05) is 5.43 Å². The molecule has 0 fully saturated rings. The number of amides is 1. The smallest absolute Gasteiger partial charge is 0.419 e. The SMILES string of the molecule is CS(=O)c1ccc(CNNC(=O)O)cc1. The van der Waals surface area contributed by atoms with Crippen molar-refractivity contribution in [2.45, 2.75) is 11.4 Å². The first-order valence-electron chi connectivity index (χ1n) is 4.24. The van der Waals surface area contributed by atoms with Crippen LogP contribution in [0.5, 0.6) is 0 Å². The molecular formula is C9H12N2O3S. The number of carbonyl (C=O) groups is 1. The average Bonchev–Trinajstić information content (AvgIpc) is 2.18. The summed E-state index contributed by atoms with van der Waals surface area (Å²) in [4.78, 5) is 10.9. The molecule has 0 radical (unpaired) electrons. The molecule has 6 heteroatoms. The molecule has 1 aromatic rings. The van der Waals surface area contributed by atoms with Crippen molar-refractivity contribution in [2.75, 3.05) is 6.26 Å². The molecular weight excluding hydrogens is 216 g/mol. The van der Waals surface area contributed by atoms with Crippen molar-refractivity contribution in [2.24, 2.45) is 0 Å². The number of hydrogen-bond acceptors (Lipinski definition) is 3. The van der Waals surface area contributed by atoms with E-state index < -0.39 is 16.9 Å². The van der Waals surface area contributed by atoms with Gasteiger partial charge in [-0.3, -0.25) is 9.63 Å². The van der Waals surface area contributed by atoms with Crippen LogP contribution < -0.4 is 10.9 Å². The molecule has 0 aliphatic rings. The molecule has 1 unspecified atom stereocenters. The Bertz CT molecular complexity index is 364. The Hall–Kier alpha value is -1.40. The highest BCUT2D eigenvalue weighted by Crippen LogP contribution is 2.06. The van der Waals surface area contributed by atoms with Crippen LogP contribution in [0.25, 0.3) is 0 Å². The molecule has 0 spiro atoms. The summed E-state index contributed by atoms with van der Waals surface area (Å²) >= 11 is 0. The van der Waals surface area contributed by atoms with Crippen LogP contribution in [0.2, 0.25) is 0 Å². The molecule has 0 saturated heterocycles. The zero-order chi connectivity index (χ0) is 11.3. The van der Waals surface area contributed by atoms with Crippen LogP contribution in [0.1, 0.15) is 5.56 Å². The van der Waals surface area contributed by atoms with Crippen LogP contribution >= 0.6 is 0 Å². The molecule has 1 rings (SSSR count). The molecule has 1 atom stereocenters. The van der Waals surface area contributed by atoms with E-state index in [2.05, 4.69) is 5.43 Å². The lowest BCUT2D eigenvalue weighted by Crippen LogP contribution is -2.35. The zero-order valence-corrected chi connectivity index (χ0v) is 9.00. The van der Waals surface area contributed by atoms with Gasteiger partial charge in [0.1, 0.15) is 0 Å². The van der Waals surface area contributed by atoms with E-state index in [9.17, 15) is 9.00 Å². The van der Waals surface area contributed by atoms with Gasteiger partial charge in [0.2, 0.25) is 0 Å². The van der Waals surface area contributed by atoms with Crippen LogP contribution in [0.3, 0.4) is 0 Å². The summed E-state index contributed by atoms with van der Waals surface area (Å²) in [6.07, 6.45) is 0.487. The number of benzene rings is 1. The summed E-state index contributed by atoms with van der Waals surface area (Å²) in [5, 5.41) is 8.29. The van der Waals surface area contributed by atoms with Crippen LogP contribution in [-0.2, 0) is 17.3 Å². The monoisotopic (exact) mass is 228 g/mol. The summed E-state index contributed by atoms with van der Waals surface area (Å²) in [7, 11) is -0.980. The maximum Gasteiger partial charge on any atom is 0.419 e.